The number of benzene rings is 2. The maximum atomic E-state index is 14.6. The molecule has 4 atom stereocenters. The predicted molar refractivity (Wildman–Crippen MR) is 151 cm³/mol. The first-order valence-electron chi connectivity index (χ1n) is 13.1. The van der Waals surface area contributed by atoms with Crippen LogP contribution in [0.25, 0.3) is 0 Å². The molecule has 1 amide bonds. The zero-order valence-electron chi connectivity index (χ0n) is 21.5. The van der Waals surface area contributed by atoms with Crippen LogP contribution in [0.15, 0.2) is 61.2 Å². The zero-order chi connectivity index (χ0) is 26.8. The first kappa shape index (κ1) is 28.2. The summed E-state index contributed by atoms with van der Waals surface area (Å²) in [6.45, 7) is 7.86. The molecule has 1 aliphatic heterocycles. The van der Waals surface area contributed by atoms with Gasteiger partial charge in [0.15, 0.2) is 0 Å². The number of carbonyl (C=O) groups excluding carboxylic acids is 1. The van der Waals surface area contributed by atoms with E-state index in [4.69, 9.17) is 23.2 Å². The largest absolute Gasteiger partial charge is 0.330 e. The molecule has 2 aliphatic rings. The summed E-state index contributed by atoms with van der Waals surface area (Å²) in [5.74, 6) is 0.274. The van der Waals surface area contributed by atoms with Crippen molar-refractivity contribution < 1.29 is 13.2 Å². The molecular weight excluding hydrogens is 527 g/mol. The molecule has 0 bridgehead atoms. The van der Waals surface area contributed by atoms with Crippen LogP contribution in [0.2, 0.25) is 10.0 Å². The second kappa shape index (κ2) is 11.5. The molecule has 2 aromatic rings. The number of piperidine rings is 1. The topological polar surface area (TPSA) is 66.5 Å². The second-order valence-electron chi connectivity index (χ2n) is 10.4. The Kier molecular flexibility index (Phi) is 8.74. The lowest BCUT2D eigenvalue weighted by molar-refractivity contribution is -0.156. The van der Waals surface area contributed by atoms with Crippen molar-refractivity contribution in [3.05, 3.63) is 82.4 Å². The van der Waals surface area contributed by atoms with E-state index in [1.165, 1.54) is 0 Å². The van der Waals surface area contributed by atoms with Gasteiger partial charge in [0.05, 0.1) is 17.2 Å². The molecule has 4 rings (SSSR count). The van der Waals surface area contributed by atoms with Crippen LogP contribution in [0.3, 0.4) is 0 Å². The van der Waals surface area contributed by atoms with E-state index in [2.05, 4.69) is 24.3 Å². The highest BCUT2D eigenvalue weighted by molar-refractivity contribution is 7.89. The first-order valence-corrected chi connectivity index (χ1v) is 15.5. The molecule has 1 aliphatic carbocycles. The minimum Gasteiger partial charge on any atom is -0.330 e. The second-order valence-corrected chi connectivity index (χ2v) is 13.3. The minimum atomic E-state index is -3.42. The Morgan fingerprint density at radius 1 is 1.11 bits per heavy atom. The van der Waals surface area contributed by atoms with Crippen LogP contribution in [0, 0.1) is 11.3 Å². The number of hydrogen-bond acceptors (Lipinski definition) is 3. The first-order chi connectivity index (χ1) is 17.6. The Morgan fingerprint density at radius 3 is 2.38 bits per heavy atom. The number of hydrogen-bond donors (Lipinski definition) is 1. The van der Waals surface area contributed by atoms with Crippen molar-refractivity contribution in [1.29, 1.82) is 0 Å². The van der Waals surface area contributed by atoms with Gasteiger partial charge in [-0.15, -0.1) is 6.58 Å². The van der Waals surface area contributed by atoms with Crippen LogP contribution in [0.1, 0.15) is 69.0 Å². The highest BCUT2D eigenvalue weighted by Gasteiger charge is 2.54. The van der Waals surface area contributed by atoms with Crippen LogP contribution in [0.4, 0.5) is 0 Å². The molecule has 1 saturated carbocycles. The molecule has 200 valence electrons. The van der Waals surface area contributed by atoms with E-state index in [0.717, 1.165) is 24.0 Å². The minimum absolute atomic E-state index is 0.000549. The van der Waals surface area contributed by atoms with Crippen LogP contribution in [0.5, 0.6) is 0 Å². The Labute approximate surface area is 231 Å². The number of rotatable bonds is 11. The number of nitrogens with zero attached hydrogens (tertiary/aromatic N) is 1. The Balaban J connectivity index is 1.90. The van der Waals surface area contributed by atoms with E-state index in [9.17, 15) is 13.2 Å². The molecule has 2 fully saturated rings. The summed E-state index contributed by atoms with van der Waals surface area (Å²) >= 11 is 12.7. The highest BCUT2D eigenvalue weighted by atomic mass is 35.5. The number of nitrogens with one attached hydrogen (secondary N) is 1. The molecule has 0 aromatic heterocycles. The van der Waals surface area contributed by atoms with Crippen LogP contribution in [-0.4, -0.2) is 37.6 Å². The molecule has 0 spiro atoms. The summed E-state index contributed by atoms with van der Waals surface area (Å²) in [6, 6.07) is 15.0. The third-order valence-electron chi connectivity index (χ3n) is 8.10. The molecule has 5 nitrogen and oxygen atoms in total. The van der Waals surface area contributed by atoms with Gasteiger partial charge in [0.2, 0.25) is 15.9 Å². The normalized spacial score (nSPS) is 25.2. The molecule has 1 saturated heterocycles. The van der Waals surface area contributed by atoms with Gasteiger partial charge in [0, 0.05) is 28.5 Å². The lowest BCUT2D eigenvalue weighted by Crippen LogP contribution is -2.59. The maximum Gasteiger partial charge on any atom is 0.229 e. The summed E-state index contributed by atoms with van der Waals surface area (Å²) in [6.07, 6.45) is 5.65. The summed E-state index contributed by atoms with van der Waals surface area (Å²) in [5, 5.41) is 1.27. The van der Waals surface area contributed by atoms with Gasteiger partial charge in [-0.25, -0.2) is 13.1 Å². The summed E-state index contributed by atoms with van der Waals surface area (Å²) < 4.78 is 27.7. The molecular formula is C29H36Cl2N2O3S. The monoisotopic (exact) mass is 562 g/mol. The summed E-state index contributed by atoms with van der Waals surface area (Å²) in [7, 11) is -3.42. The number of halogens is 2. The molecule has 0 radical (unpaired) electrons. The van der Waals surface area contributed by atoms with Crippen molar-refractivity contribution in [2.75, 3.05) is 12.3 Å². The van der Waals surface area contributed by atoms with Crippen molar-refractivity contribution in [3.63, 3.8) is 0 Å². The number of amides is 1. The van der Waals surface area contributed by atoms with Gasteiger partial charge in [-0.2, -0.15) is 0 Å². The molecule has 1 N–H and O–H groups in total. The van der Waals surface area contributed by atoms with Crippen LogP contribution < -0.4 is 4.72 Å². The van der Waals surface area contributed by atoms with Gasteiger partial charge in [-0.3, -0.25) is 4.79 Å². The van der Waals surface area contributed by atoms with E-state index < -0.39 is 15.4 Å². The third-order valence-corrected chi connectivity index (χ3v) is 9.95. The van der Waals surface area contributed by atoms with Crippen molar-refractivity contribution >= 4 is 39.1 Å². The average Bonchev–Trinajstić information content (AvgIpc) is 3.72. The van der Waals surface area contributed by atoms with Crippen LogP contribution in [-0.2, 0) is 14.8 Å². The standard InChI is InChI=1S/C29H36Cl2N2O3S/c1-4-16-29(5-2)18-25(22-8-7-9-24(31)17-22)27(21-12-14-23(30)15-13-21)33(28(29)34)26(20-10-11-20)19-32-37(35,36)6-3/h4,7-9,12-15,17,20,25-27,32H,1,5-6,10-11,16,18-19H2,2-3H3/t25-,26+,27-,29+/m1/s1. The zero-order valence-corrected chi connectivity index (χ0v) is 23.8. The fourth-order valence-electron chi connectivity index (χ4n) is 5.84. The molecule has 0 unspecified atom stereocenters. The van der Waals surface area contributed by atoms with Gasteiger partial charge < -0.3 is 4.90 Å². The lowest BCUT2D eigenvalue weighted by atomic mass is 9.65. The summed E-state index contributed by atoms with van der Waals surface area (Å²) in [5.41, 5.74) is 1.42. The predicted octanol–water partition coefficient (Wildman–Crippen LogP) is 6.74. The van der Waals surface area contributed by atoms with Gasteiger partial charge in [0.1, 0.15) is 0 Å². The van der Waals surface area contributed by atoms with E-state index in [-0.39, 0.29) is 42.1 Å². The molecule has 8 heteroatoms. The van der Waals surface area contributed by atoms with E-state index in [1.807, 2.05) is 53.4 Å². The Bertz CT molecular complexity index is 1230. The molecule has 2 aromatic carbocycles. The number of carbonyl (C=O) groups is 1. The summed E-state index contributed by atoms with van der Waals surface area (Å²) in [4.78, 5) is 16.6. The van der Waals surface area contributed by atoms with E-state index in [1.54, 1.807) is 6.92 Å². The van der Waals surface area contributed by atoms with Crippen molar-refractivity contribution in [2.45, 2.75) is 64.0 Å². The fraction of sp³-hybridized carbons (Fsp3) is 0.483. The maximum absolute atomic E-state index is 14.6. The Morgan fingerprint density at radius 2 is 1.81 bits per heavy atom. The SMILES string of the molecule is C=CC[C@@]1(CC)C[C@H](c2cccc(Cl)c2)[C@@H](c2ccc(Cl)cc2)N([C@@H](CNS(=O)(=O)CC)C2CC2)C1=O. The molecule has 1 heterocycles. The highest BCUT2D eigenvalue weighted by Crippen LogP contribution is 2.55. The van der Waals surface area contributed by atoms with Crippen molar-refractivity contribution in [3.8, 4) is 0 Å². The van der Waals surface area contributed by atoms with Crippen LogP contribution >= 0.6 is 23.2 Å². The number of allylic oxidation sites excluding steroid dienone is 1. The number of sulfonamides is 1. The van der Waals surface area contributed by atoms with Crippen molar-refractivity contribution in [1.82, 2.24) is 9.62 Å². The quantitative estimate of drug-likeness (QED) is 0.308. The van der Waals surface area contributed by atoms with Crippen molar-refractivity contribution in [2.24, 2.45) is 11.3 Å². The average molecular weight is 564 g/mol. The van der Waals surface area contributed by atoms with E-state index >= 15 is 0 Å². The lowest BCUT2D eigenvalue weighted by Gasteiger charge is -2.53. The van der Waals surface area contributed by atoms with Gasteiger partial charge >= 0.3 is 0 Å². The Hall–Kier alpha value is -1.86. The molecule has 37 heavy (non-hydrogen) atoms. The van der Waals surface area contributed by atoms with Gasteiger partial charge in [0.25, 0.3) is 0 Å². The fourth-order valence-corrected chi connectivity index (χ4v) is 6.79. The van der Waals surface area contributed by atoms with Gasteiger partial charge in [-0.1, -0.05) is 60.5 Å². The third kappa shape index (κ3) is 6.08. The van der Waals surface area contributed by atoms with E-state index in [0.29, 0.717) is 29.3 Å². The number of likely N-dealkylation sites (tertiary alicyclic amines) is 1. The van der Waals surface area contributed by atoms with Gasteiger partial charge in [-0.05, 0) is 80.3 Å². The smallest absolute Gasteiger partial charge is 0.229 e.